The second-order valence-electron chi connectivity index (χ2n) is 7.88. The lowest BCUT2D eigenvalue weighted by Crippen LogP contribution is -2.48. The van der Waals surface area contributed by atoms with E-state index in [1.165, 1.54) is 44.2 Å². The molecule has 4 rings (SSSR count). The van der Waals surface area contributed by atoms with Crippen molar-refractivity contribution in [2.45, 2.75) is 44.6 Å². The molecule has 0 unspecified atom stereocenters. The Hall–Kier alpha value is -2.56. The molecule has 1 amide bonds. The maximum atomic E-state index is 13.0. The predicted octanol–water partition coefficient (Wildman–Crippen LogP) is 4.18. The van der Waals surface area contributed by atoms with Crippen LogP contribution in [0.3, 0.4) is 0 Å². The smallest absolute Gasteiger partial charge is 0.254 e. The van der Waals surface area contributed by atoms with Crippen molar-refractivity contribution in [2.24, 2.45) is 0 Å². The SMILES string of the molecule is O=C(c1ccnc(NC2CCCCCC2)c1)N1CCN(c2ccccc2)CC1. The van der Waals surface area contributed by atoms with Crippen molar-refractivity contribution in [3.63, 3.8) is 0 Å². The summed E-state index contributed by atoms with van der Waals surface area (Å²) in [5.74, 6) is 0.944. The highest BCUT2D eigenvalue weighted by Crippen LogP contribution is 2.21. The summed E-state index contributed by atoms with van der Waals surface area (Å²) in [6, 6.07) is 14.7. The number of hydrogen-bond donors (Lipinski definition) is 1. The Bertz CT molecular complexity index is 763. The standard InChI is InChI=1S/C23H30N4O/c28-23(27-16-14-26(15-17-27)21-10-6-3-7-11-21)19-12-13-24-22(18-19)25-20-8-4-1-2-5-9-20/h3,6-7,10-13,18,20H,1-2,4-5,8-9,14-17H2,(H,24,25). The summed E-state index contributed by atoms with van der Waals surface area (Å²) < 4.78 is 0. The van der Waals surface area contributed by atoms with Crippen LogP contribution < -0.4 is 10.2 Å². The van der Waals surface area contributed by atoms with E-state index < -0.39 is 0 Å². The maximum Gasteiger partial charge on any atom is 0.254 e. The number of anilines is 2. The fourth-order valence-corrected chi connectivity index (χ4v) is 4.26. The number of carbonyl (C=O) groups is 1. The first-order valence-corrected chi connectivity index (χ1v) is 10.6. The molecular formula is C23H30N4O. The Kier molecular flexibility index (Phi) is 6.10. The van der Waals surface area contributed by atoms with Gasteiger partial charge in [-0.3, -0.25) is 4.79 Å². The number of hydrogen-bond acceptors (Lipinski definition) is 4. The van der Waals surface area contributed by atoms with E-state index in [0.717, 1.165) is 37.6 Å². The highest BCUT2D eigenvalue weighted by Gasteiger charge is 2.23. The molecule has 148 valence electrons. The molecule has 1 aliphatic carbocycles. The Morgan fingerprint density at radius 3 is 2.36 bits per heavy atom. The topological polar surface area (TPSA) is 48.5 Å². The van der Waals surface area contributed by atoms with Crippen LogP contribution in [0.5, 0.6) is 0 Å². The van der Waals surface area contributed by atoms with E-state index >= 15 is 0 Å². The number of piperazine rings is 1. The molecule has 0 radical (unpaired) electrons. The van der Waals surface area contributed by atoms with Crippen LogP contribution in [0, 0.1) is 0 Å². The molecule has 1 aromatic heterocycles. The van der Waals surface area contributed by atoms with Gasteiger partial charge in [-0.25, -0.2) is 4.98 Å². The summed E-state index contributed by atoms with van der Waals surface area (Å²) in [5, 5.41) is 3.56. The largest absolute Gasteiger partial charge is 0.368 e. The van der Waals surface area contributed by atoms with Crippen LogP contribution in [-0.4, -0.2) is 48.0 Å². The molecule has 2 aromatic rings. The zero-order chi connectivity index (χ0) is 19.2. The number of nitrogens with zero attached hydrogens (tertiary/aromatic N) is 3. The average molecular weight is 379 g/mol. The summed E-state index contributed by atoms with van der Waals surface area (Å²) in [5.41, 5.74) is 1.97. The van der Waals surface area contributed by atoms with Crippen LogP contribution in [0.4, 0.5) is 11.5 Å². The van der Waals surface area contributed by atoms with Gasteiger partial charge in [-0.15, -0.1) is 0 Å². The van der Waals surface area contributed by atoms with Gasteiger partial charge in [0.2, 0.25) is 0 Å². The maximum absolute atomic E-state index is 13.0. The van der Waals surface area contributed by atoms with E-state index in [1.807, 2.05) is 23.1 Å². The molecule has 2 heterocycles. The van der Waals surface area contributed by atoms with Gasteiger partial charge in [0.05, 0.1) is 0 Å². The number of benzene rings is 1. The third kappa shape index (κ3) is 4.64. The number of rotatable bonds is 4. The second kappa shape index (κ2) is 9.09. The molecule has 1 saturated carbocycles. The van der Waals surface area contributed by atoms with E-state index in [-0.39, 0.29) is 5.91 Å². The highest BCUT2D eigenvalue weighted by atomic mass is 16.2. The molecule has 0 atom stereocenters. The van der Waals surface area contributed by atoms with Crippen LogP contribution in [0.1, 0.15) is 48.9 Å². The quantitative estimate of drug-likeness (QED) is 0.811. The first kappa shape index (κ1) is 18.8. The van der Waals surface area contributed by atoms with Gasteiger partial charge < -0.3 is 15.1 Å². The van der Waals surface area contributed by atoms with Crippen molar-refractivity contribution in [2.75, 3.05) is 36.4 Å². The Morgan fingerprint density at radius 1 is 0.929 bits per heavy atom. The summed E-state index contributed by atoms with van der Waals surface area (Å²) in [7, 11) is 0. The summed E-state index contributed by atoms with van der Waals surface area (Å²) in [6.07, 6.45) is 9.37. The fraction of sp³-hybridized carbons (Fsp3) is 0.478. The third-order valence-electron chi connectivity index (χ3n) is 5.90. The van der Waals surface area contributed by atoms with Crippen LogP contribution in [0.25, 0.3) is 0 Å². The van der Waals surface area contributed by atoms with E-state index in [4.69, 9.17) is 0 Å². The molecular weight excluding hydrogens is 348 g/mol. The Balaban J connectivity index is 1.36. The van der Waals surface area contributed by atoms with Gasteiger partial charge in [-0.1, -0.05) is 43.9 Å². The number of para-hydroxylation sites is 1. The molecule has 0 bridgehead atoms. The van der Waals surface area contributed by atoms with Crippen molar-refractivity contribution >= 4 is 17.4 Å². The summed E-state index contributed by atoms with van der Waals surface area (Å²) in [6.45, 7) is 3.24. The third-order valence-corrected chi connectivity index (χ3v) is 5.90. The zero-order valence-corrected chi connectivity index (χ0v) is 16.5. The molecule has 5 heteroatoms. The minimum absolute atomic E-state index is 0.110. The highest BCUT2D eigenvalue weighted by molar-refractivity contribution is 5.95. The first-order valence-electron chi connectivity index (χ1n) is 10.6. The van der Waals surface area contributed by atoms with Crippen LogP contribution in [0.15, 0.2) is 48.7 Å². The molecule has 1 N–H and O–H groups in total. The van der Waals surface area contributed by atoms with Gasteiger partial charge in [0.25, 0.3) is 5.91 Å². The molecule has 1 aliphatic heterocycles. The van der Waals surface area contributed by atoms with Crippen LogP contribution in [0.2, 0.25) is 0 Å². The van der Waals surface area contributed by atoms with E-state index in [2.05, 4.69) is 39.5 Å². The van der Waals surface area contributed by atoms with Gasteiger partial charge in [0, 0.05) is 49.7 Å². The minimum atomic E-state index is 0.110. The number of carbonyl (C=O) groups excluding carboxylic acids is 1. The lowest BCUT2D eigenvalue weighted by Gasteiger charge is -2.36. The number of pyridine rings is 1. The molecule has 2 aliphatic rings. The number of aromatic nitrogens is 1. The van der Waals surface area contributed by atoms with Crippen molar-refractivity contribution in [1.29, 1.82) is 0 Å². The van der Waals surface area contributed by atoms with Crippen molar-refractivity contribution in [3.05, 3.63) is 54.2 Å². The van der Waals surface area contributed by atoms with E-state index in [1.54, 1.807) is 6.20 Å². The number of nitrogens with one attached hydrogen (secondary N) is 1. The minimum Gasteiger partial charge on any atom is -0.368 e. The second-order valence-corrected chi connectivity index (χ2v) is 7.88. The monoisotopic (exact) mass is 378 g/mol. The lowest BCUT2D eigenvalue weighted by atomic mass is 10.1. The summed E-state index contributed by atoms with van der Waals surface area (Å²) >= 11 is 0. The van der Waals surface area contributed by atoms with Gasteiger partial charge >= 0.3 is 0 Å². The molecule has 28 heavy (non-hydrogen) atoms. The Morgan fingerprint density at radius 2 is 1.64 bits per heavy atom. The average Bonchev–Trinajstić information content (AvgIpc) is 3.03. The normalized spacial score (nSPS) is 18.6. The van der Waals surface area contributed by atoms with Gasteiger partial charge in [-0.2, -0.15) is 0 Å². The van der Waals surface area contributed by atoms with E-state index in [9.17, 15) is 4.79 Å². The Labute approximate surface area is 167 Å². The molecule has 1 saturated heterocycles. The molecule has 5 nitrogen and oxygen atoms in total. The summed E-state index contributed by atoms with van der Waals surface area (Å²) in [4.78, 5) is 21.8. The van der Waals surface area contributed by atoms with Crippen LogP contribution in [-0.2, 0) is 0 Å². The molecule has 0 spiro atoms. The fourth-order valence-electron chi connectivity index (χ4n) is 4.26. The van der Waals surface area contributed by atoms with Crippen molar-refractivity contribution < 1.29 is 4.79 Å². The van der Waals surface area contributed by atoms with Gasteiger partial charge in [0.1, 0.15) is 5.82 Å². The molecule has 1 aromatic carbocycles. The van der Waals surface area contributed by atoms with Crippen molar-refractivity contribution in [1.82, 2.24) is 9.88 Å². The van der Waals surface area contributed by atoms with Crippen molar-refractivity contribution in [3.8, 4) is 0 Å². The molecule has 2 fully saturated rings. The van der Waals surface area contributed by atoms with Gasteiger partial charge in [-0.05, 0) is 37.1 Å². The van der Waals surface area contributed by atoms with Gasteiger partial charge in [0.15, 0.2) is 0 Å². The first-order chi connectivity index (χ1) is 13.8. The zero-order valence-electron chi connectivity index (χ0n) is 16.5. The van der Waals surface area contributed by atoms with Crippen LogP contribution >= 0.6 is 0 Å². The van der Waals surface area contributed by atoms with E-state index in [0.29, 0.717) is 6.04 Å². The predicted molar refractivity (Wildman–Crippen MR) is 114 cm³/mol. The lowest BCUT2D eigenvalue weighted by molar-refractivity contribution is 0.0746. The number of amides is 1.